The zero-order valence-electron chi connectivity index (χ0n) is 28.6. The van der Waals surface area contributed by atoms with Crippen LogP contribution in [0.25, 0.3) is 11.1 Å². The maximum atomic E-state index is 12.8. The molecular weight excluding hydrogens is 669 g/mol. The number of rotatable bonds is 12. The van der Waals surface area contributed by atoms with Crippen LogP contribution in [0.2, 0.25) is 0 Å². The summed E-state index contributed by atoms with van der Waals surface area (Å²) in [5.74, 6) is 2.24. The minimum atomic E-state index is -0.551. The topological polar surface area (TPSA) is 89.1 Å². The van der Waals surface area contributed by atoms with Gasteiger partial charge < -0.3 is 30.0 Å². The van der Waals surface area contributed by atoms with Crippen molar-refractivity contribution in [3.8, 4) is 22.6 Å². The summed E-state index contributed by atoms with van der Waals surface area (Å²) in [6.45, 7) is 0.368. The Kier molecular flexibility index (Phi) is 11.6. The number of nitrogens with one attached hydrogen (secondary N) is 2. The average molecular weight is 709 g/mol. The molecule has 262 valence electrons. The number of carbonyl (C=O) groups is 1. The number of aliphatic hydroxyl groups is 1. The monoisotopic (exact) mass is 708 g/mol. The van der Waals surface area contributed by atoms with E-state index in [-0.39, 0.29) is 24.8 Å². The third-order valence-corrected chi connectivity index (χ3v) is 9.90. The molecule has 7 rings (SSSR count). The van der Waals surface area contributed by atoms with Gasteiger partial charge in [0.1, 0.15) is 11.5 Å². The van der Waals surface area contributed by atoms with Crippen LogP contribution in [0, 0.1) is 0 Å². The highest BCUT2D eigenvalue weighted by atomic mass is 32.2. The maximum absolute atomic E-state index is 12.8. The second kappa shape index (κ2) is 17.2. The molecule has 0 bridgehead atoms. The first-order chi connectivity index (χ1) is 25.6. The van der Waals surface area contributed by atoms with Crippen molar-refractivity contribution in [2.75, 3.05) is 11.1 Å². The highest BCUT2D eigenvalue weighted by Crippen LogP contribution is 2.40. The molecule has 1 heterocycles. The SMILES string of the molecule is O=C(NCc1cccc(-c2cccc([C@@H]3O[C@H](CSc4ccccc4)C[C@H](c4ccc(CO)cc4)O3)c2)c1)Nc1ccc(Oc2ccccc2)cc1. The summed E-state index contributed by atoms with van der Waals surface area (Å²) >= 11 is 1.78. The van der Waals surface area contributed by atoms with E-state index >= 15 is 0 Å². The number of amides is 2. The predicted octanol–water partition coefficient (Wildman–Crippen LogP) is 10.3. The fourth-order valence-corrected chi connectivity index (χ4v) is 6.99. The van der Waals surface area contributed by atoms with Crippen LogP contribution in [0.5, 0.6) is 11.5 Å². The van der Waals surface area contributed by atoms with Crippen LogP contribution in [-0.2, 0) is 22.6 Å². The molecule has 1 saturated heterocycles. The number of urea groups is 1. The molecule has 1 aliphatic rings. The van der Waals surface area contributed by atoms with Crippen molar-refractivity contribution >= 4 is 23.5 Å². The van der Waals surface area contributed by atoms with Gasteiger partial charge in [0.2, 0.25) is 0 Å². The highest BCUT2D eigenvalue weighted by Gasteiger charge is 2.32. The maximum Gasteiger partial charge on any atom is 0.319 e. The first kappa shape index (κ1) is 35.0. The minimum absolute atomic E-state index is 0.00557. The Hall–Kier alpha value is -5.38. The van der Waals surface area contributed by atoms with Gasteiger partial charge in [0.15, 0.2) is 6.29 Å². The zero-order chi connectivity index (χ0) is 35.5. The lowest BCUT2D eigenvalue weighted by Crippen LogP contribution is -2.31. The van der Waals surface area contributed by atoms with E-state index in [0.717, 1.165) is 51.3 Å². The number of thioether (sulfide) groups is 1. The molecule has 0 aromatic heterocycles. The number of hydrogen-bond donors (Lipinski definition) is 3. The van der Waals surface area contributed by atoms with Crippen molar-refractivity contribution in [3.63, 3.8) is 0 Å². The molecule has 6 aromatic rings. The summed E-state index contributed by atoms with van der Waals surface area (Å²) in [7, 11) is 0. The molecule has 52 heavy (non-hydrogen) atoms. The van der Waals surface area contributed by atoms with Gasteiger partial charge in [-0.05, 0) is 88.5 Å². The Morgan fingerprint density at radius 1 is 0.692 bits per heavy atom. The Morgan fingerprint density at radius 2 is 1.38 bits per heavy atom. The van der Waals surface area contributed by atoms with Crippen LogP contribution in [-0.4, -0.2) is 23.0 Å². The Morgan fingerprint density at radius 3 is 2.13 bits per heavy atom. The van der Waals surface area contributed by atoms with E-state index in [1.54, 1.807) is 11.8 Å². The molecule has 0 spiro atoms. The quantitative estimate of drug-likeness (QED) is 0.110. The molecule has 3 atom stereocenters. The van der Waals surface area contributed by atoms with Gasteiger partial charge in [0.25, 0.3) is 0 Å². The van der Waals surface area contributed by atoms with Crippen LogP contribution in [0.3, 0.4) is 0 Å². The van der Waals surface area contributed by atoms with Crippen LogP contribution in [0.4, 0.5) is 10.5 Å². The smallest absolute Gasteiger partial charge is 0.319 e. The fraction of sp³-hybridized carbons (Fsp3) is 0.159. The summed E-state index contributed by atoms with van der Waals surface area (Å²) in [6, 6.07) is 51.3. The number of carbonyl (C=O) groups excluding carboxylic acids is 1. The van der Waals surface area contributed by atoms with E-state index in [2.05, 4.69) is 59.2 Å². The molecule has 1 aliphatic heterocycles. The third kappa shape index (κ3) is 9.48. The van der Waals surface area contributed by atoms with Crippen LogP contribution < -0.4 is 15.4 Å². The Bertz CT molecular complexity index is 2040. The second-order valence-electron chi connectivity index (χ2n) is 12.5. The van der Waals surface area contributed by atoms with E-state index in [9.17, 15) is 9.90 Å². The zero-order valence-corrected chi connectivity index (χ0v) is 29.4. The van der Waals surface area contributed by atoms with Crippen LogP contribution in [0.15, 0.2) is 163 Å². The lowest BCUT2D eigenvalue weighted by atomic mass is 9.99. The summed E-state index contributed by atoms with van der Waals surface area (Å²) in [6.07, 6.45) is -0.00978. The van der Waals surface area contributed by atoms with Crippen molar-refractivity contribution in [2.45, 2.75) is 43.0 Å². The Balaban J connectivity index is 0.999. The molecule has 3 N–H and O–H groups in total. The first-order valence-corrected chi connectivity index (χ1v) is 18.3. The molecule has 8 heteroatoms. The van der Waals surface area contributed by atoms with Crippen molar-refractivity contribution in [3.05, 3.63) is 180 Å². The summed E-state index contributed by atoms with van der Waals surface area (Å²) in [5, 5.41) is 15.4. The highest BCUT2D eigenvalue weighted by molar-refractivity contribution is 7.99. The summed E-state index contributed by atoms with van der Waals surface area (Å²) in [4.78, 5) is 14.0. The van der Waals surface area contributed by atoms with E-state index in [1.165, 1.54) is 4.90 Å². The minimum Gasteiger partial charge on any atom is -0.457 e. The number of anilines is 1. The van der Waals surface area contributed by atoms with Gasteiger partial charge in [0, 0.05) is 34.9 Å². The Labute approximate surface area is 308 Å². The van der Waals surface area contributed by atoms with Crippen molar-refractivity contribution in [2.24, 2.45) is 0 Å². The largest absolute Gasteiger partial charge is 0.457 e. The lowest BCUT2D eigenvalue weighted by molar-refractivity contribution is -0.245. The predicted molar refractivity (Wildman–Crippen MR) is 206 cm³/mol. The standard InChI is InChI=1S/C44H40N2O5S/c47-29-31-17-19-33(20-18-31)42-27-40(30-52-41-15-5-2-6-16-41)50-43(51-42)36-12-8-11-35(26-36)34-10-7-9-32(25-34)28-45-44(48)46-37-21-23-39(24-22-37)49-38-13-3-1-4-14-38/h1-26,40,42-43,47H,27-30H2,(H2,45,46,48)/t40-,42+,43+/m0/s1. The second-order valence-corrected chi connectivity index (χ2v) is 13.6. The van der Waals surface area contributed by atoms with Gasteiger partial charge >= 0.3 is 6.03 Å². The van der Waals surface area contributed by atoms with Gasteiger partial charge in [-0.1, -0.05) is 97.1 Å². The third-order valence-electron chi connectivity index (χ3n) is 8.76. The van der Waals surface area contributed by atoms with E-state index in [1.807, 2.05) is 109 Å². The molecule has 0 radical (unpaired) electrons. The van der Waals surface area contributed by atoms with Crippen LogP contribution in [0.1, 0.15) is 41.1 Å². The number of para-hydroxylation sites is 1. The molecule has 6 aromatic carbocycles. The molecule has 1 fully saturated rings. The van der Waals surface area contributed by atoms with Crippen molar-refractivity contribution in [1.82, 2.24) is 5.32 Å². The molecule has 0 aliphatic carbocycles. The normalized spacial score (nSPS) is 16.9. The molecule has 2 amide bonds. The van der Waals surface area contributed by atoms with Gasteiger partial charge in [0.05, 0.1) is 18.8 Å². The van der Waals surface area contributed by atoms with E-state index < -0.39 is 6.29 Å². The van der Waals surface area contributed by atoms with Crippen molar-refractivity contribution in [1.29, 1.82) is 0 Å². The van der Waals surface area contributed by atoms with Crippen molar-refractivity contribution < 1.29 is 24.1 Å². The fourth-order valence-electron chi connectivity index (χ4n) is 6.04. The average Bonchev–Trinajstić information content (AvgIpc) is 3.21. The molecule has 0 saturated carbocycles. The number of benzene rings is 6. The number of ether oxygens (including phenoxy) is 3. The van der Waals surface area contributed by atoms with Gasteiger partial charge in [-0.2, -0.15) is 0 Å². The molecule has 0 unspecified atom stereocenters. The number of aliphatic hydroxyl groups excluding tert-OH is 1. The first-order valence-electron chi connectivity index (χ1n) is 17.3. The van der Waals surface area contributed by atoms with E-state index in [0.29, 0.717) is 18.0 Å². The van der Waals surface area contributed by atoms with Gasteiger partial charge in [-0.25, -0.2) is 4.79 Å². The van der Waals surface area contributed by atoms with Gasteiger partial charge in [-0.3, -0.25) is 0 Å². The van der Waals surface area contributed by atoms with Gasteiger partial charge in [-0.15, -0.1) is 11.8 Å². The summed E-state index contributed by atoms with van der Waals surface area (Å²) in [5.41, 5.74) is 6.56. The lowest BCUT2D eigenvalue weighted by Gasteiger charge is -2.36. The van der Waals surface area contributed by atoms with Crippen LogP contribution >= 0.6 is 11.8 Å². The molecular formula is C44H40N2O5S. The number of hydrogen-bond acceptors (Lipinski definition) is 6. The summed E-state index contributed by atoms with van der Waals surface area (Å²) < 4.78 is 19.1. The molecule has 7 nitrogen and oxygen atoms in total. The van der Waals surface area contributed by atoms with E-state index in [4.69, 9.17) is 14.2 Å².